The standard InChI is InChI=1S/C17H13Br2ClN2O2/c18-11-1-4-13(5-2-11)22-9-10(7-16(22)23)17(24)21-12-3-6-14(19)15(20)8-12/h1-6,8,10H,7,9H2,(H,21,24)/t10-/m0/s1. The third-order valence-electron chi connectivity index (χ3n) is 3.82. The molecule has 2 amide bonds. The van der Waals surface area contributed by atoms with Gasteiger partial charge in [-0.25, -0.2) is 0 Å². The number of hydrogen-bond acceptors (Lipinski definition) is 2. The molecule has 1 N–H and O–H groups in total. The number of hydrogen-bond donors (Lipinski definition) is 1. The van der Waals surface area contributed by atoms with Gasteiger partial charge in [-0.05, 0) is 58.4 Å². The third kappa shape index (κ3) is 3.82. The molecule has 1 atom stereocenters. The maximum atomic E-state index is 12.4. The summed E-state index contributed by atoms with van der Waals surface area (Å²) in [6.07, 6.45) is 0.201. The highest BCUT2D eigenvalue weighted by molar-refractivity contribution is 9.10. The summed E-state index contributed by atoms with van der Waals surface area (Å²) < 4.78 is 1.71. The molecule has 1 heterocycles. The van der Waals surface area contributed by atoms with Gasteiger partial charge in [-0.2, -0.15) is 0 Å². The van der Waals surface area contributed by atoms with Crippen LogP contribution in [0.3, 0.4) is 0 Å². The summed E-state index contributed by atoms with van der Waals surface area (Å²) in [4.78, 5) is 26.3. The van der Waals surface area contributed by atoms with Crippen LogP contribution in [0.25, 0.3) is 0 Å². The number of benzene rings is 2. The van der Waals surface area contributed by atoms with Crippen molar-refractivity contribution in [2.24, 2.45) is 5.92 Å². The van der Waals surface area contributed by atoms with E-state index in [9.17, 15) is 9.59 Å². The molecular weight excluding hydrogens is 459 g/mol. The Morgan fingerprint density at radius 1 is 1.17 bits per heavy atom. The van der Waals surface area contributed by atoms with Crippen molar-refractivity contribution in [1.29, 1.82) is 0 Å². The minimum atomic E-state index is -0.386. The van der Waals surface area contributed by atoms with Crippen LogP contribution in [0.5, 0.6) is 0 Å². The zero-order valence-electron chi connectivity index (χ0n) is 12.4. The average Bonchev–Trinajstić information content (AvgIpc) is 2.94. The van der Waals surface area contributed by atoms with Gasteiger partial charge in [0.2, 0.25) is 11.8 Å². The Hall–Kier alpha value is -1.37. The molecular formula is C17H13Br2ClN2O2. The fourth-order valence-electron chi connectivity index (χ4n) is 2.57. The topological polar surface area (TPSA) is 49.4 Å². The molecule has 4 nitrogen and oxygen atoms in total. The molecule has 2 aromatic rings. The van der Waals surface area contributed by atoms with Crippen LogP contribution in [-0.4, -0.2) is 18.4 Å². The molecule has 0 spiro atoms. The van der Waals surface area contributed by atoms with Crippen molar-refractivity contribution in [2.45, 2.75) is 6.42 Å². The number of halogens is 3. The van der Waals surface area contributed by atoms with Gasteiger partial charge in [-0.1, -0.05) is 27.5 Å². The van der Waals surface area contributed by atoms with E-state index in [2.05, 4.69) is 37.2 Å². The van der Waals surface area contributed by atoms with Crippen molar-refractivity contribution < 1.29 is 9.59 Å². The number of amides is 2. The SMILES string of the molecule is O=C(Nc1ccc(Br)c(Cl)c1)[C@H]1CC(=O)N(c2ccc(Br)cc2)C1. The molecule has 124 valence electrons. The molecule has 1 aliphatic rings. The smallest absolute Gasteiger partial charge is 0.229 e. The molecule has 0 bridgehead atoms. The van der Waals surface area contributed by atoms with E-state index in [1.165, 1.54) is 0 Å². The maximum Gasteiger partial charge on any atom is 0.229 e. The Labute approximate surface area is 161 Å². The minimum absolute atomic E-state index is 0.0497. The second-order valence-electron chi connectivity index (χ2n) is 5.50. The van der Waals surface area contributed by atoms with Crippen LogP contribution < -0.4 is 10.2 Å². The Kier molecular flexibility index (Phi) is 5.27. The van der Waals surface area contributed by atoms with Gasteiger partial charge in [0.1, 0.15) is 0 Å². The number of nitrogens with zero attached hydrogens (tertiary/aromatic N) is 1. The summed E-state index contributed by atoms with van der Waals surface area (Å²) in [7, 11) is 0. The van der Waals surface area contributed by atoms with E-state index in [0.29, 0.717) is 17.3 Å². The fourth-order valence-corrected chi connectivity index (χ4v) is 3.26. The zero-order chi connectivity index (χ0) is 17.3. The van der Waals surface area contributed by atoms with Crippen LogP contribution in [0.4, 0.5) is 11.4 Å². The average molecular weight is 473 g/mol. The Bertz CT molecular complexity index is 796. The Morgan fingerprint density at radius 2 is 1.88 bits per heavy atom. The molecule has 1 saturated heterocycles. The summed E-state index contributed by atoms with van der Waals surface area (Å²) >= 11 is 12.7. The van der Waals surface area contributed by atoms with Crippen molar-refractivity contribution in [3.63, 3.8) is 0 Å². The van der Waals surface area contributed by atoms with Crippen LogP contribution in [0, 0.1) is 5.92 Å². The van der Waals surface area contributed by atoms with Crippen LogP contribution in [-0.2, 0) is 9.59 Å². The Morgan fingerprint density at radius 3 is 2.54 bits per heavy atom. The second kappa shape index (κ2) is 7.25. The van der Waals surface area contributed by atoms with Crippen molar-refractivity contribution in [3.8, 4) is 0 Å². The first-order chi connectivity index (χ1) is 11.4. The fraction of sp³-hybridized carbons (Fsp3) is 0.176. The molecule has 0 aromatic heterocycles. The first-order valence-corrected chi connectivity index (χ1v) is 9.22. The van der Waals surface area contributed by atoms with Gasteiger partial charge in [-0.15, -0.1) is 0 Å². The van der Waals surface area contributed by atoms with Gasteiger partial charge in [0.15, 0.2) is 0 Å². The number of carbonyl (C=O) groups excluding carboxylic acids is 2. The van der Waals surface area contributed by atoms with Crippen LogP contribution in [0.15, 0.2) is 51.4 Å². The van der Waals surface area contributed by atoms with Gasteiger partial charge in [0, 0.05) is 33.3 Å². The van der Waals surface area contributed by atoms with E-state index in [0.717, 1.165) is 14.6 Å². The number of anilines is 2. The number of rotatable bonds is 3. The summed E-state index contributed by atoms with van der Waals surface area (Å²) in [6, 6.07) is 12.7. The summed E-state index contributed by atoms with van der Waals surface area (Å²) in [5.74, 6) is -0.615. The van der Waals surface area contributed by atoms with Crippen LogP contribution in [0.1, 0.15) is 6.42 Å². The van der Waals surface area contributed by atoms with E-state index < -0.39 is 0 Å². The lowest BCUT2D eigenvalue weighted by Gasteiger charge is -2.17. The molecule has 1 fully saturated rings. The predicted molar refractivity (Wildman–Crippen MR) is 102 cm³/mol. The first-order valence-electron chi connectivity index (χ1n) is 7.26. The molecule has 0 saturated carbocycles. The molecule has 0 unspecified atom stereocenters. The quantitative estimate of drug-likeness (QED) is 0.694. The summed E-state index contributed by atoms with van der Waals surface area (Å²) in [5, 5.41) is 3.34. The minimum Gasteiger partial charge on any atom is -0.326 e. The first kappa shape index (κ1) is 17.5. The molecule has 7 heteroatoms. The van der Waals surface area contributed by atoms with E-state index in [1.54, 1.807) is 23.1 Å². The highest BCUT2D eigenvalue weighted by atomic mass is 79.9. The number of carbonyl (C=O) groups is 2. The van der Waals surface area contributed by atoms with E-state index in [-0.39, 0.29) is 24.2 Å². The molecule has 0 radical (unpaired) electrons. The van der Waals surface area contributed by atoms with Crippen molar-refractivity contribution in [3.05, 3.63) is 56.4 Å². The largest absolute Gasteiger partial charge is 0.326 e. The lowest BCUT2D eigenvalue weighted by molar-refractivity contribution is -0.122. The van der Waals surface area contributed by atoms with Gasteiger partial charge in [-0.3, -0.25) is 9.59 Å². The molecule has 0 aliphatic carbocycles. The van der Waals surface area contributed by atoms with Crippen molar-refractivity contribution in [1.82, 2.24) is 0 Å². The second-order valence-corrected chi connectivity index (χ2v) is 7.68. The van der Waals surface area contributed by atoms with Gasteiger partial charge >= 0.3 is 0 Å². The molecule has 1 aliphatic heterocycles. The van der Waals surface area contributed by atoms with Crippen LogP contribution in [0.2, 0.25) is 5.02 Å². The summed E-state index contributed by atoms with van der Waals surface area (Å²) in [6.45, 7) is 0.372. The lowest BCUT2D eigenvalue weighted by atomic mass is 10.1. The van der Waals surface area contributed by atoms with Crippen molar-refractivity contribution in [2.75, 3.05) is 16.8 Å². The predicted octanol–water partition coefficient (Wildman–Crippen LogP) is 4.86. The van der Waals surface area contributed by atoms with Crippen LogP contribution >= 0.6 is 43.5 Å². The third-order valence-corrected chi connectivity index (χ3v) is 5.58. The molecule has 2 aromatic carbocycles. The van der Waals surface area contributed by atoms with E-state index >= 15 is 0 Å². The number of nitrogens with one attached hydrogen (secondary N) is 1. The monoisotopic (exact) mass is 470 g/mol. The highest BCUT2D eigenvalue weighted by Gasteiger charge is 2.35. The summed E-state index contributed by atoms with van der Waals surface area (Å²) in [5.41, 5.74) is 1.41. The lowest BCUT2D eigenvalue weighted by Crippen LogP contribution is -2.28. The van der Waals surface area contributed by atoms with Gasteiger partial charge in [0.05, 0.1) is 10.9 Å². The van der Waals surface area contributed by atoms with E-state index in [1.807, 2.05) is 24.3 Å². The normalized spacial score (nSPS) is 17.2. The Balaban J connectivity index is 1.69. The molecule has 3 rings (SSSR count). The van der Waals surface area contributed by atoms with Gasteiger partial charge in [0.25, 0.3) is 0 Å². The maximum absolute atomic E-state index is 12.4. The highest BCUT2D eigenvalue weighted by Crippen LogP contribution is 2.29. The van der Waals surface area contributed by atoms with Crippen molar-refractivity contribution >= 4 is 66.6 Å². The van der Waals surface area contributed by atoms with E-state index in [4.69, 9.17) is 11.6 Å². The zero-order valence-corrected chi connectivity index (χ0v) is 16.4. The van der Waals surface area contributed by atoms with Gasteiger partial charge < -0.3 is 10.2 Å². The molecule has 24 heavy (non-hydrogen) atoms.